The molecule has 2 unspecified atom stereocenters. The first-order chi connectivity index (χ1) is 9.65. The summed E-state index contributed by atoms with van der Waals surface area (Å²) < 4.78 is 5.34. The second kappa shape index (κ2) is 7.25. The molecule has 0 saturated carbocycles. The van der Waals surface area contributed by atoms with Crippen molar-refractivity contribution >= 4 is 12.0 Å². The van der Waals surface area contributed by atoms with E-state index in [-0.39, 0.29) is 18.4 Å². The Hall–Kier alpha value is -1.10. The third kappa shape index (κ3) is 5.30. The summed E-state index contributed by atoms with van der Waals surface area (Å²) in [4.78, 5) is 25.8. The van der Waals surface area contributed by atoms with Crippen molar-refractivity contribution in [3.63, 3.8) is 0 Å². The van der Waals surface area contributed by atoms with Gasteiger partial charge in [-0.3, -0.25) is 4.79 Å². The van der Waals surface area contributed by atoms with E-state index in [1.54, 1.807) is 20.8 Å². The van der Waals surface area contributed by atoms with E-state index in [0.717, 1.165) is 24.2 Å². The summed E-state index contributed by atoms with van der Waals surface area (Å²) >= 11 is 0. The molecule has 1 N–H and O–H groups in total. The van der Waals surface area contributed by atoms with Crippen molar-refractivity contribution in [3.8, 4) is 0 Å². The fourth-order valence-electron chi connectivity index (χ4n) is 2.88. The van der Waals surface area contributed by atoms with Crippen molar-refractivity contribution in [3.05, 3.63) is 0 Å². The maximum Gasteiger partial charge on any atom is 0.417 e. The van der Waals surface area contributed by atoms with Gasteiger partial charge in [0.25, 0.3) is 0 Å². The van der Waals surface area contributed by atoms with Gasteiger partial charge in [-0.15, -0.1) is 0 Å². The first kappa shape index (κ1) is 18.0. The predicted octanol–water partition coefficient (Wildman–Crippen LogP) is 2.96. The zero-order valence-electron chi connectivity index (χ0n) is 13.9. The molecule has 0 radical (unpaired) electrons. The Morgan fingerprint density at radius 3 is 2.52 bits per heavy atom. The minimum absolute atomic E-state index is 0.133. The van der Waals surface area contributed by atoms with Gasteiger partial charge >= 0.3 is 6.09 Å². The van der Waals surface area contributed by atoms with Crippen LogP contribution in [0.1, 0.15) is 60.3 Å². The number of aliphatic hydroxyl groups excluding tert-OH is 1. The second-order valence-corrected chi connectivity index (χ2v) is 7.28. The number of amides is 2. The van der Waals surface area contributed by atoms with Crippen LogP contribution in [-0.4, -0.2) is 40.3 Å². The Bertz CT molecular complexity index is 373. The summed E-state index contributed by atoms with van der Waals surface area (Å²) in [6.45, 7) is 9.33. The number of ether oxygens (including phenoxy) is 1. The summed E-state index contributed by atoms with van der Waals surface area (Å²) in [5.74, 6) is 0.348. The minimum Gasteiger partial charge on any atom is -0.443 e. The van der Waals surface area contributed by atoms with E-state index in [1.807, 2.05) is 0 Å². The highest BCUT2D eigenvalue weighted by Gasteiger charge is 2.39. The quantitative estimate of drug-likeness (QED) is 0.870. The number of hydrogen-bond donors (Lipinski definition) is 1. The Labute approximate surface area is 127 Å². The Kier molecular flexibility index (Phi) is 6.20. The lowest BCUT2D eigenvalue weighted by Crippen LogP contribution is -2.50. The number of carbonyl (C=O) groups excluding carboxylic acids is 2. The van der Waals surface area contributed by atoms with Crippen molar-refractivity contribution in [1.82, 2.24) is 4.90 Å². The lowest BCUT2D eigenvalue weighted by Gasteiger charge is -2.34. The van der Waals surface area contributed by atoms with Gasteiger partial charge in [0.15, 0.2) is 0 Å². The zero-order valence-corrected chi connectivity index (χ0v) is 13.9. The third-order valence-corrected chi connectivity index (χ3v) is 3.66. The normalized spacial score (nSPS) is 24.1. The van der Waals surface area contributed by atoms with Crippen LogP contribution in [0.5, 0.6) is 0 Å². The predicted molar refractivity (Wildman–Crippen MR) is 80.7 cm³/mol. The molecule has 0 aromatic carbocycles. The highest BCUT2D eigenvalue weighted by Crippen LogP contribution is 2.30. The molecule has 0 bridgehead atoms. The molecule has 0 aliphatic carbocycles. The lowest BCUT2D eigenvalue weighted by molar-refractivity contribution is -0.133. The van der Waals surface area contributed by atoms with Crippen LogP contribution in [0.25, 0.3) is 0 Å². The van der Waals surface area contributed by atoms with E-state index in [0.29, 0.717) is 12.3 Å². The average molecular weight is 299 g/mol. The topological polar surface area (TPSA) is 66.8 Å². The van der Waals surface area contributed by atoms with Crippen molar-refractivity contribution in [2.24, 2.45) is 11.8 Å². The van der Waals surface area contributed by atoms with Gasteiger partial charge < -0.3 is 9.84 Å². The van der Waals surface area contributed by atoms with Crippen LogP contribution in [0.3, 0.4) is 0 Å². The fourth-order valence-corrected chi connectivity index (χ4v) is 2.88. The number of carbonyl (C=O) groups is 2. The van der Waals surface area contributed by atoms with Crippen LogP contribution in [0.4, 0.5) is 4.79 Å². The molecule has 1 fully saturated rings. The summed E-state index contributed by atoms with van der Waals surface area (Å²) in [7, 11) is 0. The molecule has 1 aliphatic rings. The fraction of sp³-hybridized carbons (Fsp3) is 0.875. The molecule has 1 heterocycles. The molecular formula is C16H29NO4. The molecule has 0 spiro atoms. The van der Waals surface area contributed by atoms with Gasteiger partial charge in [-0.25, -0.2) is 9.69 Å². The molecule has 2 amide bonds. The number of aliphatic hydroxyl groups is 1. The highest BCUT2D eigenvalue weighted by molar-refractivity contribution is 5.92. The van der Waals surface area contributed by atoms with Crippen LogP contribution in [0, 0.1) is 11.8 Å². The van der Waals surface area contributed by atoms with Crippen LogP contribution >= 0.6 is 0 Å². The number of imide groups is 1. The van der Waals surface area contributed by atoms with Gasteiger partial charge in [-0.05, 0) is 51.9 Å². The average Bonchev–Trinajstić information content (AvgIpc) is 2.45. The monoisotopic (exact) mass is 299 g/mol. The largest absolute Gasteiger partial charge is 0.443 e. The second-order valence-electron chi connectivity index (χ2n) is 7.28. The molecule has 2 atom stereocenters. The SMILES string of the molecule is CC(C)CC1CCCC(=O)N(C(=O)OC(C)(C)C)C1CO. The van der Waals surface area contributed by atoms with E-state index in [9.17, 15) is 14.7 Å². The first-order valence-electron chi connectivity index (χ1n) is 7.81. The maximum atomic E-state index is 12.3. The van der Waals surface area contributed by atoms with Gasteiger partial charge in [-0.2, -0.15) is 0 Å². The summed E-state index contributed by atoms with van der Waals surface area (Å²) in [6.07, 6.45) is 2.20. The molecule has 122 valence electrons. The van der Waals surface area contributed by atoms with Crippen molar-refractivity contribution in [2.45, 2.75) is 71.9 Å². The lowest BCUT2D eigenvalue weighted by atomic mass is 9.87. The Balaban J connectivity index is 2.98. The molecule has 21 heavy (non-hydrogen) atoms. The van der Waals surface area contributed by atoms with E-state index in [4.69, 9.17) is 4.74 Å². The maximum absolute atomic E-state index is 12.3. The molecule has 0 aromatic heterocycles. The number of hydrogen-bond acceptors (Lipinski definition) is 4. The van der Waals surface area contributed by atoms with Crippen molar-refractivity contribution in [1.29, 1.82) is 0 Å². The number of rotatable bonds is 3. The van der Waals surface area contributed by atoms with E-state index in [1.165, 1.54) is 0 Å². The molecule has 1 saturated heterocycles. The molecule has 5 nitrogen and oxygen atoms in total. The van der Waals surface area contributed by atoms with Crippen LogP contribution in [0.2, 0.25) is 0 Å². The highest BCUT2D eigenvalue weighted by atomic mass is 16.6. The Morgan fingerprint density at radius 2 is 2.05 bits per heavy atom. The van der Waals surface area contributed by atoms with Crippen LogP contribution < -0.4 is 0 Å². The minimum atomic E-state index is -0.656. The number of likely N-dealkylation sites (tertiary alicyclic amines) is 1. The summed E-state index contributed by atoms with van der Waals surface area (Å²) in [5.41, 5.74) is -0.656. The standard InChI is InChI=1S/C16H29NO4/c1-11(2)9-12-7-6-8-14(19)17(13(12)10-18)15(20)21-16(3,4)5/h11-13,18H,6-10H2,1-5H3. The van der Waals surface area contributed by atoms with Gasteiger partial charge in [-0.1, -0.05) is 13.8 Å². The molecule has 1 rings (SSSR count). The number of nitrogens with zero attached hydrogens (tertiary/aromatic N) is 1. The first-order valence-corrected chi connectivity index (χ1v) is 7.81. The van der Waals surface area contributed by atoms with Gasteiger partial charge in [0.1, 0.15) is 5.60 Å². The van der Waals surface area contributed by atoms with Crippen LogP contribution in [0.15, 0.2) is 0 Å². The smallest absolute Gasteiger partial charge is 0.417 e. The molecular weight excluding hydrogens is 270 g/mol. The van der Waals surface area contributed by atoms with Crippen molar-refractivity contribution in [2.75, 3.05) is 6.61 Å². The molecule has 1 aliphatic heterocycles. The van der Waals surface area contributed by atoms with E-state index >= 15 is 0 Å². The van der Waals surface area contributed by atoms with Gasteiger partial charge in [0.05, 0.1) is 12.6 Å². The molecule has 5 heteroatoms. The summed E-state index contributed by atoms with van der Waals surface area (Å²) in [6, 6.07) is -0.475. The van der Waals surface area contributed by atoms with Crippen LogP contribution in [-0.2, 0) is 9.53 Å². The van der Waals surface area contributed by atoms with Gasteiger partial charge in [0.2, 0.25) is 5.91 Å². The van der Waals surface area contributed by atoms with Gasteiger partial charge in [0, 0.05) is 6.42 Å². The van der Waals surface area contributed by atoms with E-state index in [2.05, 4.69) is 13.8 Å². The zero-order chi connectivity index (χ0) is 16.2. The third-order valence-electron chi connectivity index (χ3n) is 3.66. The van der Waals surface area contributed by atoms with E-state index < -0.39 is 17.7 Å². The molecule has 0 aromatic rings. The summed E-state index contributed by atoms with van der Waals surface area (Å²) in [5, 5.41) is 9.73. The van der Waals surface area contributed by atoms with Crippen molar-refractivity contribution < 1.29 is 19.4 Å². The Morgan fingerprint density at radius 1 is 1.43 bits per heavy atom.